The average Bonchev–Trinajstić information content (AvgIpc) is 2.85. The van der Waals surface area contributed by atoms with Crippen LogP contribution >= 0.6 is 0 Å². The van der Waals surface area contributed by atoms with Crippen LogP contribution in [-0.4, -0.2) is 9.55 Å². The summed E-state index contributed by atoms with van der Waals surface area (Å²) in [4.78, 5) is 4.14. The number of alkyl halides is 3. The molecule has 2 N–H and O–H groups in total. The van der Waals surface area contributed by atoms with Crippen LogP contribution in [0.15, 0.2) is 36.7 Å². The topological polar surface area (TPSA) is 43.8 Å². The molecule has 2 aromatic rings. The lowest BCUT2D eigenvalue weighted by Gasteiger charge is -2.19. The number of nitrogens with zero attached hydrogens (tertiary/aromatic N) is 2. The second kappa shape index (κ2) is 5.66. The van der Waals surface area contributed by atoms with Gasteiger partial charge in [-0.25, -0.2) is 4.98 Å². The van der Waals surface area contributed by atoms with Crippen molar-refractivity contribution in [2.45, 2.75) is 32.1 Å². The molecule has 1 heterocycles. The van der Waals surface area contributed by atoms with E-state index >= 15 is 0 Å². The summed E-state index contributed by atoms with van der Waals surface area (Å²) >= 11 is 0. The van der Waals surface area contributed by atoms with Gasteiger partial charge in [0, 0.05) is 31.4 Å². The highest BCUT2D eigenvalue weighted by Crippen LogP contribution is 2.34. The fourth-order valence-electron chi connectivity index (χ4n) is 2.21. The predicted molar refractivity (Wildman–Crippen MR) is 70.0 cm³/mol. The minimum atomic E-state index is -4.39. The van der Waals surface area contributed by atoms with Gasteiger partial charge >= 0.3 is 6.18 Å². The SMILES string of the molecule is CCc1nccn1CC(N)c1ccccc1C(F)(F)F. The van der Waals surface area contributed by atoms with E-state index in [1.807, 2.05) is 6.92 Å². The van der Waals surface area contributed by atoms with Crippen molar-refractivity contribution >= 4 is 0 Å². The van der Waals surface area contributed by atoms with Crippen molar-refractivity contribution in [2.75, 3.05) is 0 Å². The van der Waals surface area contributed by atoms with Crippen molar-refractivity contribution in [1.82, 2.24) is 9.55 Å². The third-order valence-corrected chi connectivity index (χ3v) is 3.18. The summed E-state index contributed by atoms with van der Waals surface area (Å²) < 4.78 is 40.7. The summed E-state index contributed by atoms with van der Waals surface area (Å²) in [6, 6.07) is 4.69. The average molecular weight is 283 g/mol. The Kier molecular flexibility index (Phi) is 4.13. The number of nitrogens with two attached hydrogens (primary N) is 1. The molecule has 0 bridgehead atoms. The van der Waals surface area contributed by atoms with Gasteiger partial charge in [-0.2, -0.15) is 13.2 Å². The van der Waals surface area contributed by atoms with Crippen LogP contribution in [0, 0.1) is 0 Å². The quantitative estimate of drug-likeness (QED) is 0.936. The number of aryl methyl sites for hydroxylation is 1. The van der Waals surface area contributed by atoms with Crippen LogP contribution in [-0.2, 0) is 19.1 Å². The monoisotopic (exact) mass is 283 g/mol. The molecule has 20 heavy (non-hydrogen) atoms. The molecule has 108 valence electrons. The molecule has 3 nitrogen and oxygen atoms in total. The van der Waals surface area contributed by atoms with Gasteiger partial charge in [-0.15, -0.1) is 0 Å². The fourth-order valence-corrected chi connectivity index (χ4v) is 2.21. The lowest BCUT2D eigenvalue weighted by atomic mass is 10.0. The molecule has 0 spiro atoms. The summed E-state index contributed by atoms with van der Waals surface area (Å²) in [5.41, 5.74) is 5.39. The highest BCUT2D eigenvalue weighted by atomic mass is 19.4. The first-order valence-corrected chi connectivity index (χ1v) is 6.35. The molecule has 2 rings (SSSR count). The van der Waals surface area contributed by atoms with Crippen molar-refractivity contribution in [3.8, 4) is 0 Å². The van der Waals surface area contributed by atoms with Crippen LogP contribution in [0.5, 0.6) is 0 Å². The smallest absolute Gasteiger partial charge is 0.333 e. The van der Waals surface area contributed by atoms with E-state index < -0.39 is 17.8 Å². The summed E-state index contributed by atoms with van der Waals surface area (Å²) in [5, 5.41) is 0. The maximum atomic E-state index is 13.0. The van der Waals surface area contributed by atoms with Crippen molar-refractivity contribution in [3.63, 3.8) is 0 Å². The number of hydrogen-bond acceptors (Lipinski definition) is 2. The Morgan fingerprint density at radius 1 is 1.30 bits per heavy atom. The Balaban J connectivity index is 2.28. The number of hydrogen-bond donors (Lipinski definition) is 1. The lowest BCUT2D eigenvalue weighted by Crippen LogP contribution is -2.22. The number of benzene rings is 1. The molecule has 6 heteroatoms. The minimum Gasteiger partial charge on any atom is -0.333 e. The highest BCUT2D eigenvalue weighted by molar-refractivity contribution is 5.32. The maximum absolute atomic E-state index is 13.0. The van der Waals surface area contributed by atoms with Crippen LogP contribution in [0.4, 0.5) is 13.2 Å². The molecular weight excluding hydrogens is 267 g/mol. The van der Waals surface area contributed by atoms with Crippen LogP contribution in [0.1, 0.15) is 29.9 Å². The Morgan fingerprint density at radius 3 is 2.65 bits per heavy atom. The number of halogens is 3. The zero-order valence-corrected chi connectivity index (χ0v) is 11.1. The first-order chi connectivity index (χ1) is 9.43. The summed E-state index contributed by atoms with van der Waals surface area (Å²) in [5.74, 6) is 0.810. The van der Waals surface area contributed by atoms with Crippen molar-refractivity contribution in [2.24, 2.45) is 5.73 Å². The van der Waals surface area contributed by atoms with Gasteiger partial charge in [-0.1, -0.05) is 25.1 Å². The maximum Gasteiger partial charge on any atom is 0.416 e. The molecule has 0 saturated carbocycles. The summed E-state index contributed by atoms with van der Waals surface area (Å²) in [6.45, 7) is 2.21. The molecule has 0 saturated heterocycles. The molecule has 0 aliphatic rings. The van der Waals surface area contributed by atoms with Crippen LogP contribution in [0.3, 0.4) is 0 Å². The first-order valence-electron chi connectivity index (χ1n) is 6.35. The van der Waals surface area contributed by atoms with Gasteiger partial charge in [-0.3, -0.25) is 0 Å². The van der Waals surface area contributed by atoms with Gasteiger partial charge in [0.1, 0.15) is 5.82 Å². The molecule has 0 aliphatic carbocycles. The van der Waals surface area contributed by atoms with Crippen LogP contribution in [0.2, 0.25) is 0 Å². The Labute approximate surface area is 115 Å². The van der Waals surface area contributed by atoms with E-state index in [4.69, 9.17) is 5.73 Å². The van der Waals surface area contributed by atoms with Gasteiger partial charge in [0.2, 0.25) is 0 Å². The van der Waals surface area contributed by atoms with Gasteiger partial charge < -0.3 is 10.3 Å². The largest absolute Gasteiger partial charge is 0.416 e. The van der Waals surface area contributed by atoms with Gasteiger partial charge in [-0.05, 0) is 11.6 Å². The molecular formula is C14H16F3N3. The highest BCUT2D eigenvalue weighted by Gasteiger charge is 2.34. The number of rotatable bonds is 4. The van der Waals surface area contributed by atoms with Gasteiger partial charge in [0.25, 0.3) is 0 Å². The second-order valence-corrected chi connectivity index (χ2v) is 4.54. The number of aromatic nitrogens is 2. The van der Waals surface area contributed by atoms with E-state index in [0.29, 0.717) is 6.42 Å². The van der Waals surface area contributed by atoms with Gasteiger partial charge in [0.15, 0.2) is 0 Å². The van der Waals surface area contributed by atoms with E-state index in [1.165, 1.54) is 12.1 Å². The molecule has 1 aromatic heterocycles. The van der Waals surface area contributed by atoms with E-state index in [2.05, 4.69) is 4.98 Å². The molecule has 0 amide bonds. The molecule has 0 aliphatic heterocycles. The van der Waals surface area contributed by atoms with Gasteiger partial charge in [0.05, 0.1) is 5.56 Å². The molecule has 0 fully saturated rings. The lowest BCUT2D eigenvalue weighted by molar-refractivity contribution is -0.138. The fraction of sp³-hybridized carbons (Fsp3) is 0.357. The van der Waals surface area contributed by atoms with E-state index in [9.17, 15) is 13.2 Å². The molecule has 0 radical (unpaired) electrons. The van der Waals surface area contributed by atoms with E-state index in [1.54, 1.807) is 23.0 Å². The molecule has 1 unspecified atom stereocenters. The Hall–Kier alpha value is -1.82. The molecule has 1 aromatic carbocycles. The molecule has 1 atom stereocenters. The zero-order valence-electron chi connectivity index (χ0n) is 11.1. The van der Waals surface area contributed by atoms with Crippen molar-refractivity contribution < 1.29 is 13.2 Å². The van der Waals surface area contributed by atoms with Crippen LogP contribution < -0.4 is 5.73 Å². The number of imidazole rings is 1. The first kappa shape index (κ1) is 14.6. The standard InChI is InChI=1S/C14H16F3N3/c1-2-13-19-7-8-20(13)9-12(18)10-5-3-4-6-11(10)14(15,16)17/h3-8,12H,2,9,18H2,1H3. The van der Waals surface area contributed by atoms with E-state index in [-0.39, 0.29) is 12.1 Å². The third kappa shape index (κ3) is 3.01. The predicted octanol–water partition coefficient (Wildman–Crippen LogP) is 3.16. The minimum absolute atomic E-state index is 0.107. The second-order valence-electron chi connectivity index (χ2n) is 4.54. The van der Waals surface area contributed by atoms with Crippen LogP contribution in [0.25, 0.3) is 0 Å². The Morgan fingerprint density at radius 2 is 2.00 bits per heavy atom. The van der Waals surface area contributed by atoms with Crippen molar-refractivity contribution in [1.29, 1.82) is 0 Å². The zero-order chi connectivity index (χ0) is 14.8. The third-order valence-electron chi connectivity index (χ3n) is 3.18. The van der Waals surface area contributed by atoms with Crippen molar-refractivity contribution in [3.05, 3.63) is 53.6 Å². The summed E-state index contributed by atoms with van der Waals surface area (Å²) in [7, 11) is 0. The summed E-state index contributed by atoms with van der Waals surface area (Å²) in [6.07, 6.45) is -0.326. The normalized spacial score (nSPS) is 13.4. The Bertz CT molecular complexity index is 575. The van der Waals surface area contributed by atoms with E-state index in [0.717, 1.165) is 11.9 Å².